The highest BCUT2D eigenvalue weighted by Crippen LogP contribution is 2.35. The second-order valence-electron chi connectivity index (χ2n) is 6.70. The molecule has 1 fully saturated rings. The number of anilines is 1. The summed E-state index contributed by atoms with van der Waals surface area (Å²) in [5.41, 5.74) is 4.10. The number of nitrogens with zero attached hydrogens (tertiary/aromatic N) is 2. The Kier molecular flexibility index (Phi) is 4.19. The molecule has 1 saturated carbocycles. The van der Waals surface area contributed by atoms with E-state index in [4.69, 9.17) is 16.6 Å². The van der Waals surface area contributed by atoms with Crippen molar-refractivity contribution >= 4 is 23.1 Å². The molecule has 0 atom stereocenters. The van der Waals surface area contributed by atoms with Gasteiger partial charge in [0.1, 0.15) is 17.2 Å². The number of hydrogen-bond donors (Lipinski definition) is 1. The topological polar surface area (TPSA) is 29.3 Å². The standard InChI is InChI=1S/C20H22ClN3/c1-14-11-12-24-18(13-14)23-19(16-9-5-6-10-17(16)21)20(24)22-15-7-3-2-4-8-15/h5-6,9-13,15,22H,2-4,7-8H2,1H3. The number of benzene rings is 1. The lowest BCUT2D eigenvalue weighted by Crippen LogP contribution is -2.23. The van der Waals surface area contributed by atoms with Crippen molar-refractivity contribution in [3.8, 4) is 11.3 Å². The van der Waals surface area contributed by atoms with E-state index in [1.54, 1.807) is 0 Å². The third-order valence-electron chi connectivity index (χ3n) is 4.86. The molecule has 2 aromatic heterocycles. The average Bonchev–Trinajstić information content (AvgIpc) is 2.93. The van der Waals surface area contributed by atoms with Crippen LogP contribution < -0.4 is 5.32 Å². The van der Waals surface area contributed by atoms with Gasteiger partial charge in [-0.3, -0.25) is 4.40 Å². The lowest BCUT2D eigenvalue weighted by molar-refractivity contribution is 0.462. The predicted octanol–water partition coefficient (Wildman–Crippen LogP) is 5.71. The first-order valence-corrected chi connectivity index (χ1v) is 9.10. The van der Waals surface area contributed by atoms with Crippen LogP contribution in [0.2, 0.25) is 5.02 Å². The summed E-state index contributed by atoms with van der Waals surface area (Å²) in [5.74, 6) is 1.06. The van der Waals surface area contributed by atoms with Crippen molar-refractivity contribution < 1.29 is 0 Å². The maximum Gasteiger partial charge on any atom is 0.139 e. The average molecular weight is 340 g/mol. The Hall–Kier alpha value is -2.00. The second kappa shape index (κ2) is 6.48. The molecule has 124 valence electrons. The van der Waals surface area contributed by atoms with Gasteiger partial charge in [0.25, 0.3) is 0 Å². The highest BCUT2D eigenvalue weighted by Gasteiger charge is 2.20. The van der Waals surface area contributed by atoms with Crippen molar-refractivity contribution in [1.29, 1.82) is 0 Å². The van der Waals surface area contributed by atoms with E-state index in [9.17, 15) is 0 Å². The Bertz CT molecular complexity index is 862. The number of hydrogen-bond acceptors (Lipinski definition) is 2. The number of halogens is 1. The molecule has 0 saturated heterocycles. The van der Waals surface area contributed by atoms with E-state index >= 15 is 0 Å². The fourth-order valence-electron chi connectivity index (χ4n) is 3.57. The van der Waals surface area contributed by atoms with E-state index in [2.05, 4.69) is 35.0 Å². The smallest absolute Gasteiger partial charge is 0.139 e. The molecule has 0 radical (unpaired) electrons. The summed E-state index contributed by atoms with van der Waals surface area (Å²) in [4.78, 5) is 4.89. The summed E-state index contributed by atoms with van der Waals surface area (Å²) in [5, 5.41) is 4.50. The zero-order valence-electron chi connectivity index (χ0n) is 13.9. The lowest BCUT2D eigenvalue weighted by Gasteiger charge is -2.24. The van der Waals surface area contributed by atoms with Gasteiger partial charge in [-0.05, 0) is 43.5 Å². The van der Waals surface area contributed by atoms with Gasteiger partial charge in [-0.1, -0.05) is 49.1 Å². The normalized spacial score (nSPS) is 15.8. The molecular weight excluding hydrogens is 318 g/mol. The first-order valence-electron chi connectivity index (χ1n) is 8.72. The summed E-state index contributed by atoms with van der Waals surface area (Å²) in [6, 6.07) is 12.7. The molecule has 3 aromatic rings. The van der Waals surface area contributed by atoms with Gasteiger partial charge in [-0.25, -0.2) is 4.98 Å². The van der Waals surface area contributed by atoms with Gasteiger partial charge in [0.2, 0.25) is 0 Å². The largest absolute Gasteiger partial charge is 0.367 e. The Morgan fingerprint density at radius 2 is 1.92 bits per heavy atom. The molecule has 0 spiro atoms. The van der Waals surface area contributed by atoms with Gasteiger partial charge < -0.3 is 5.32 Å². The molecular formula is C20H22ClN3. The Labute approximate surface area is 147 Å². The molecule has 0 bridgehead atoms. The molecule has 2 heterocycles. The van der Waals surface area contributed by atoms with Gasteiger partial charge in [0.05, 0.1) is 5.02 Å². The van der Waals surface area contributed by atoms with Gasteiger partial charge in [0.15, 0.2) is 0 Å². The summed E-state index contributed by atoms with van der Waals surface area (Å²) in [6.45, 7) is 2.10. The molecule has 1 aliphatic rings. The number of pyridine rings is 1. The van der Waals surface area contributed by atoms with Crippen molar-refractivity contribution in [2.45, 2.75) is 45.1 Å². The predicted molar refractivity (Wildman–Crippen MR) is 101 cm³/mol. The maximum absolute atomic E-state index is 6.46. The number of aryl methyl sites for hydroxylation is 1. The van der Waals surface area contributed by atoms with E-state index in [0.717, 1.165) is 27.7 Å². The van der Waals surface area contributed by atoms with Crippen molar-refractivity contribution in [1.82, 2.24) is 9.38 Å². The maximum atomic E-state index is 6.46. The summed E-state index contributed by atoms with van der Waals surface area (Å²) in [7, 11) is 0. The Morgan fingerprint density at radius 3 is 2.71 bits per heavy atom. The molecule has 4 rings (SSSR count). The SMILES string of the molecule is Cc1ccn2c(NC3CCCCC3)c(-c3ccccc3Cl)nc2c1. The van der Waals surface area contributed by atoms with Crippen LogP contribution in [-0.2, 0) is 0 Å². The van der Waals surface area contributed by atoms with Crippen LogP contribution in [-0.4, -0.2) is 15.4 Å². The zero-order chi connectivity index (χ0) is 16.5. The van der Waals surface area contributed by atoms with Crippen LogP contribution in [0.4, 0.5) is 5.82 Å². The minimum absolute atomic E-state index is 0.515. The van der Waals surface area contributed by atoms with Gasteiger partial charge in [-0.15, -0.1) is 0 Å². The quantitative estimate of drug-likeness (QED) is 0.662. The molecule has 24 heavy (non-hydrogen) atoms. The highest BCUT2D eigenvalue weighted by molar-refractivity contribution is 6.33. The number of nitrogens with one attached hydrogen (secondary N) is 1. The molecule has 1 aliphatic carbocycles. The minimum Gasteiger partial charge on any atom is -0.367 e. The van der Waals surface area contributed by atoms with Gasteiger partial charge in [-0.2, -0.15) is 0 Å². The second-order valence-corrected chi connectivity index (χ2v) is 7.11. The van der Waals surface area contributed by atoms with Crippen molar-refractivity contribution in [2.24, 2.45) is 0 Å². The third kappa shape index (κ3) is 2.89. The summed E-state index contributed by atoms with van der Waals surface area (Å²) in [6.07, 6.45) is 8.50. The molecule has 0 unspecified atom stereocenters. The van der Waals surface area contributed by atoms with E-state index in [-0.39, 0.29) is 0 Å². The molecule has 4 heteroatoms. The van der Waals surface area contributed by atoms with Gasteiger partial charge >= 0.3 is 0 Å². The lowest BCUT2D eigenvalue weighted by atomic mass is 9.95. The number of fused-ring (bicyclic) bond motifs is 1. The summed E-state index contributed by atoms with van der Waals surface area (Å²) < 4.78 is 2.15. The number of imidazole rings is 1. The fourth-order valence-corrected chi connectivity index (χ4v) is 3.79. The Balaban J connectivity index is 1.85. The molecule has 3 nitrogen and oxygen atoms in total. The minimum atomic E-state index is 0.515. The Morgan fingerprint density at radius 1 is 1.12 bits per heavy atom. The van der Waals surface area contributed by atoms with E-state index < -0.39 is 0 Å². The van der Waals surface area contributed by atoms with Crippen LogP contribution in [0.1, 0.15) is 37.7 Å². The van der Waals surface area contributed by atoms with Crippen molar-refractivity contribution in [3.05, 3.63) is 53.2 Å². The molecule has 0 aliphatic heterocycles. The van der Waals surface area contributed by atoms with Crippen LogP contribution in [0.25, 0.3) is 16.9 Å². The first-order chi connectivity index (χ1) is 11.7. The molecule has 0 amide bonds. The van der Waals surface area contributed by atoms with Gasteiger partial charge in [0, 0.05) is 17.8 Å². The third-order valence-corrected chi connectivity index (χ3v) is 5.19. The van der Waals surface area contributed by atoms with Crippen LogP contribution in [0.5, 0.6) is 0 Å². The monoisotopic (exact) mass is 339 g/mol. The van der Waals surface area contributed by atoms with Crippen molar-refractivity contribution in [2.75, 3.05) is 5.32 Å². The van der Waals surface area contributed by atoms with E-state index in [0.29, 0.717) is 6.04 Å². The van der Waals surface area contributed by atoms with E-state index in [1.807, 2.05) is 24.3 Å². The van der Waals surface area contributed by atoms with Crippen LogP contribution >= 0.6 is 11.6 Å². The highest BCUT2D eigenvalue weighted by atomic mass is 35.5. The number of aromatic nitrogens is 2. The van der Waals surface area contributed by atoms with Crippen LogP contribution in [0, 0.1) is 6.92 Å². The molecule has 1 N–H and O–H groups in total. The van der Waals surface area contributed by atoms with E-state index in [1.165, 1.54) is 37.7 Å². The zero-order valence-corrected chi connectivity index (χ0v) is 14.7. The fraction of sp³-hybridized carbons (Fsp3) is 0.350. The van der Waals surface area contributed by atoms with Crippen molar-refractivity contribution in [3.63, 3.8) is 0 Å². The summed E-state index contributed by atoms with van der Waals surface area (Å²) >= 11 is 6.46. The molecule has 1 aromatic carbocycles. The first kappa shape index (κ1) is 15.5. The number of rotatable bonds is 3. The van der Waals surface area contributed by atoms with Crippen LogP contribution in [0.3, 0.4) is 0 Å². The van der Waals surface area contributed by atoms with Crippen LogP contribution in [0.15, 0.2) is 42.6 Å².